The lowest BCUT2D eigenvalue weighted by atomic mass is 9.69. The van der Waals surface area contributed by atoms with Crippen molar-refractivity contribution in [2.45, 2.75) is 118 Å². The normalized spacial score (nSPS) is 14.1. The summed E-state index contributed by atoms with van der Waals surface area (Å²) in [7, 11) is 0. The van der Waals surface area contributed by atoms with E-state index in [2.05, 4.69) is 10.6 Å². The number of nitrogens with one attached hydrogen (secondary N) is 2. The van der Waals surface area contributed by atoms with E-state index in [0.717, 1.165) is 13.8 Å². The predicted octanol–water partition coefficient (Wildman–Crippen LogP) is 6.37. The first-order chi connectivity index (χ1) is 26.4. The van der Waals surface area contributed by atoms with Crippen molar-refractivity contribution < 1.29 is 67.5 Å². The van der Waals surface area contributed by atoms with E-state index in [9.17, 15) is 48.6 Å². The SMILES string of the molecule is CC(=O)OCC(C)(C)[C@](CC(=O)c1ccc(-c2ccc(C(=O)C[C@@](NC(=O)OC(C)(C)C)(C(=O)O)C(C)(C)COC(C)=O)cc2)cc1)(NC(=O)OC(C)(C)C)C(=O)O. The fraction of sp³-hybridized carbons (Fsp3) is 0.524. The molecule has 318 valence electrons. The quantitative estimate of drug-likeness (QED) is 0.0771. The smallest absolute Gasteiger partial charge is 0.408 e. The summed E-state index contributed by atoms with van der Waals surface area (Å²) in [6.07, 6.45) is -3.64. The number of esters is 2. The van der Waals surface area contributed by atoms with Crippen molar-refractivity contribution in [2.24, 2.45) is 10.8 Å². The van der Waals surface area contributed by atoms with Crippen molar-refractivity contribution in [2.75, 3.05) is 13.2 Å². The lowest BCUT2D eigenvalue weighted by Gasteiger charge is -2.43. The van der Waals surface area contributed by atoms with Crippen molar-refractivity contribution >= 4 is 47.6 Å². The van der Waals surface area contributed by atoms with Gasteiger partial charge in [0.15, 0.2) is 22.6 Å². The molecule has 0 unspecified atom stereocenters. The number of aliphatic carboxylic acids is 2. The Bertz CT molecular complexity index is 1750. The molecule has 0 aliphatic heterocycles. The molecule has 0 saturated heterocycles. The molecule has 2 aromatic rings. The van der Waals surface area contributed by atoms with Crippen LogP contribution in [0.5, 0.6) is 0 Å². The highest BCUT2D eigenvalue weighted by molar-refractivity contribution is 6.03. The Hall–Kier alpha value is -5.80. The summed E-state index contributed by atoms with van der Waals surface area (Å²) in [5.41, 5.74) is -8.17. The second kappa shape index (κ2) is 18.2. The van der Waals surface area contributed by atoms with E-state index in [-0.39, 0.29) is 11.1 Å². The van der Waals surface area contributed by atoms with Gasteiger partial charge in [-0.3, -0.25) is 19.2 Å². The number of hydrogen-bond acceptors (Lipinski definition) is 12. The third-order valence-corrected chi connectivity index (χ3v) is 9.34. The predicted molar refractivity (Wildman–Crippen MR) is 210 cm³/mol. The van der Waals surface area contributed by atoms with Gasteiger partial charge in [0.05, 0.1) is 13.2 Å². The molecule has 2 amide bonds. The fourth-order valence-electron chi connectivity index (χ4n) is 5.89. The third-order valence-electron chi connectivity index (χ3n) is 9.34. The van der Waals surface area contributed by atoms with Gasteiger partial charge in [-0.25, -0.2) is 19.2 Å². The molecule has 0 fully saturated rings. The number of rotatable bonds is 17. The molecule has 0 radical (unpaired) electrons. The van der Waals surface area contributed by atoms with Crippen molar-refractivity contribution in [1.29, 1.82) is 0 Å². The summed E-state index contributed by atoms with van der Waals surface area (Å²) >= 11 is 0. The molecule has 2 rings (SSSR count). The Balaban J connectivity index is 2.45. The molecule has 4 N–H and O–H groups in total. The van der Waals surface area contributed by atoms with Crippen LogP contribution in [0.4, 0.5) is 9.59 Å². The van der Waals surface area contributed by atoms with Crippen LogP contribution in [0.1, 0.15) is 117 Å². The van der Waals surface area contributed by atoms with Crippen LogP contribution in [0.2, 0.25) is 0 Å². The van der Waals surface area contributed by atoms with Gasteiger partial charge < -0.3 is 39.8 Å². The van der Waals surface area contributed by atoms with Gasteiger partial charge in [-0.05, 0) is 52.7 Å². The van der Waals surface area contributed by atoms with E-state index in [1.807, 2.05) is 0 Å². The number of carboxylic acids is 2. The summed E-state index contributed by atoms with van der Waals surface area (Å²) in [6.45, 7) is 16.7. The van der Waals surface area contributed by atoms with Gasteiger partial charge in [-0.15, -0.1) is 0 Å². The van der Waals surface area contributed by atoms with Gasteiger partial charge in [-0.2, -0.15) is 0 Å². The maximum absolute atomic E-state index is 13.7. The monoisotopic (exact) mass is 812 g/mol. The van der Waals surface area contributed by atoms with Crippen LogP contribution >= 0.6 is 0 Å². The van der Waals surface area contributed by atoms with E-state index in [1.165, 1.54) is 52.0 Å². The third kappa shape index (κ3) is 12.6. The minimum atomic E-state index is -2.28. The molecule has 0 aromatic heterocycles. The van der Waals surface area contributed by atoms with Gasteiger partial charge in [0.1, 0.15) is 11.2 Å². The van der Waals surface area contributed by atoms with E-state index in [1.54, 1.807) is 65.8 Å². The number of hydrogen-bond donors (Lipinski definition) is 4. The molecular formula is C42H56N2O14. The van der Waals surface area contributed by atoms with Crippen LogP contribution in [0.15, 0.2) is 48.5 Å². The summed E-state index contributed by atoms with van der Waals surface area (Å²) in [5.74, 6) is -5.78. The van der Waals surface area contributed by atoms with Gasteiger partial charge in [0, 0.05) is 48.6 Å². The Morgan fingerprint density at radius 2 is 0.776 bits per heavy atom. The molecule has 0 bridgehead atoms. The van der Waals surface area contributed by atoms with E-state index < -0.39 is 107 Å². The zero-order chi connectivity index (χ0) is 44.7. The Morgan fingerprint density at radius 3 is 1.00 bits per heavy atom. The molecule has 2 aromatic carbocycles. The second-order valence-corrected chi connectivity index (χ2v) is 17.4. The highest BCUT2D eigenvalue weighted by atomic mass is 16.6. The molecule has 0 heterocycles. The van der Waals surface area contributed by atoms with E-state index >= 15 is 0 Å². The van der Waals surface area contributed by atoms with Crippen LogP contribution in [0.3, 0.4) is 0 Å². The molecule has 0 aliphatic rings. The second-order valence-electron chi connectivity index (χ2n) is 17.4. The van der Waals surface area contributed by atoms with Crippen LogP contribution in [-0.4, -0.2) is 93.3 Å². The highest BCUT2D eigenvalue weighted by Crippen LogP contribution is 2.38. The first-order valence-corrected chi connectivity index (χ1v) is 18.4. The van der Waals surface area contributed by atoms with Crippen molar-refractivity contribution in [3.8, 4) is 11.1 Å². The standard InChI is InChI=1S/C42H56N2O14/c1-25(45)55-23-39(9,10)41(33(49)50,43-35(53)57-37(3,4)5)21-31(47)29-17-13-27(14-18-29)28-15-19-30(20-16-28)32(48)22-42(34(51)52,40(11,12)24-56-26(2)46)44-36(54)58-38(6,7)8/h13-20H,21-24H2,1-12H3,(H,43,53)(H,44,54)(H,49,50)(H,51,52)/t41-,42-/m1/s1. The Kier molecular flexibility index (Phi) is 15.2. The number of ether oxygens (including phenoxy) is 4. The number of Topliss-reactive ketones (excluding diaryl/α,β-unsaturated/α-hetero) is 2. The van der Waals surface area contributed by atoms with Crippen LogP contribution in [0, 0.1) is 10.8 Å². The van der Waals surface area contributed by atoms with Crippen molar-refractivity contribution in [3.63, 3.8) is 0 Å². The Morgan fingerprint density at radius 1 is 0.500 bits per heavy atom. The lowest BCUT2D eigenvalue weighted by molar-refractivity contribution is -0.158. The van der Waals surface area contributed by atoms with Crippen LogP contribution in [0.25, 0.3) is 11.1 Å². The van der Waals surface area contributed by atoms with Gasteiger partial charge >= 0.3 is 36.1 Å². The van der Waals surface area contributed by atoms with Gasteiger partial charge in [0.2, 0.25) is 0 Å². The summed E-state index contributed by atoms with van der Waals surface area (Å²) < 4.78 is 20.9. The minimum absolute atomic E-state index is 0.106. The largest absolute Gasteiger partial charge is 0.479 e. The molecule has 2 atom stereocenters. The number of carboxylic acid groups (broad SMARTS) is 2. The molecule has 16 heteroatoms. The number of amides is 2. The average molecular weight is 813 g/mol. The first kappa shape index (κ1) is 48.3. The number of alkyl carbamates (subject to hydrolysis) is 2. The minimum Gasteiger partial charge on any atom is -0.479 e. The average Bonchev–Trinajstić information content (AvgIpc) is 3.07. The number of benzene rings is 2. The van der Waals surface area contributed by atoms with Crippen molar-refractivity contribution in [3.05, 3.63) is 59.7 Å². The van der Waals surface area contributed by atoms with Gasteiger partial charge in [-0.1, -0.05) is 76.2 Å². The highest BCUT2D eigenvalue weighted by Gasteiger charge is 2.56. The molecular weight excluding hydrogens is 756 g/mol. The first-order valence-electron chi connectivity index (χ1n) is 18.4. The van der Waals surface area contributed by atoms with Crippen LogP contribution < -0.4 is 10.6 Å². The van der Waals surface area contributed by atoms with Crippen molar-refractivity contribution in [1.82, 2.24) is 10.6 Å². The number of ketones is 2. The van der Waals surface area contributed by atoms with E-state index in [0.29, 0.717) is 11.1 Å². The lowest BCUT2D eigenvalue weighted by Crippen LogP contribution is -2.66. The molecule has 0 saturated carbocycles. The zero-order valence-corrected chi connectivity index (χ0v) is 35.2. The summed E-state index contributed by atoms with van der Waals surface area (Å²) in [6, 6.07) is 12.2. The van der Waals surface area contributed by atoms with Crippen LogP contribution in [-0.2, 0) is 38.1 Å². The zero-order valence-electron chi connectivity index (χ0n) is 35.2. The molecule has 16 nitrogen and oxygen atoms in total. The summed E-state index contributed by atoms with van der Waals surface area (Å²) in [4.78, 5) is 103. The summed E-state index contributed by atoms with van der Waals surface area (Å²) in [5, 5.41) is 25.8. The van der Waals surface area contributed by atoms with Gasteiger partial charge in [0.25, 0.3) is 0 Å². The fourth-order valence-corrected chi connectivity index (χ4v) is 5.89. The number of carbonyl (C=O) groups excluding carboxylic acids is 6. The Labute approximate surface area is 338 Å². The molecule has 58 heavy (non-hydrogen) atoms. The molecule has 0 aliphatic carbocycles. The molecule has 0 spiro atoms. The maximum atomic E-state index is 13.7. The maximum Gasteiger partial charge on any atom is 0.408 e. The topological polar surface area (TPSA) is 238 Å². The number of carbonyl (C=O) groups is 8. The van der Waals surface area contributed by atoms with E-state index in [4.69, 9.17) is 18.9 Å².